The van der Waals surface area contributed by atoms with Crippen molar-refractivity contribution in [2.45, 2.75) is 18.9 Å². The third kappa shape index (κ3) is 2.72. The lowest BCUT2D eigenvalue weighted by Crippen LogP contribution is -2.32. The van der Waals surface area contributed by atoms with Gasteiger partial charge in [0, 0.05) is 25.5 Å². The molecule has 0 radical (unpaired) electrons. The van der Waals surface area contributed by atoms with Crippen LogP contribution in [0.1, 0.15) is 23.3 Å². The molecule has 5 nitrogen and oxygen atoms in total. The van der Waals surface area contributed by atoms with Crippen molar-refractivity contribution in [2.75, 3.05) is 13.2 Å². The van der Waals surface area contributed by atoms with Gasteiger partial charge < -0.3 is 14.6 Å². The minimum Gasteiger partial charge on any atom is -0.376 e. The highest BCUT2D eigenvalue weighted by Gasteiger charge is 2.18. The van der Waals surface area contributed by atoms with Gasteiger partial charge in [-0.05, 0) is 37.1 Å². The van der Waals surface area contributed by atoms with E-state index in [0.717, 1.165) is 25.1 Å². The summed E-state index contributed by atoms with van der Waals surface area (Å²) in [6, 6.07) is 7.43. The molecule has 5 heteroatoms. The summed E-state index contributed by atoms with van der Waals surface area (Å²) in [6.07, 6.45) is 7.55. The molecule has 2 aromatic heterocycles. The van der Waals surface area contributed by atoms with Crippen molar-refractivity contribution < 1.29 is 9.53 Å². The van der Waals surface area contributed by atoms with Gasteiger partial charge in [-0.15, -0.1) is 0 Å². The Bertz CT molecular complexity index is 574. The van der Waals surface area contributed by atoms with E-state index in [1.165, 1.54) is 0 Å². The van der Waals surface area contributed by atoms with E-state index in [-0.39, 0.29) is 12.0 Å². The van der Waals surface area contributed by atoms with Crippen molar-refractivity contribution >= 4 is 5.91 Å². The van der Waals surface area contributed by atoms with Crippen LogP contribution in [0.25, 0.3) is 5.69 Å². The molecule has 1 N–H and O–H groups in total. The van der Waals surface area contributed by atoms with E-state index in [0.29, 0.717) is 12.2 Å². The third-order valence-electron chi connectivity index (χ3n) is 3.42. The Morgan fingerprint density at radius 1 is 1.45 bits per heavy atom. The van der Waals surface area contributed by atoms with Crippen LogP contribution in [0.2, 0.25) is 0 Å². The van der Waals surface area contributed by atoms with Gasteiger partial charge in [0.25, 0.3) is 5.91 Å². The highest BCUT2D eigenvalue weighted by molar-refractivity contribution is 5.93. The van der Waals surface area contributed by atoms with Crippen molar-refractivity contribution in [3.05, 3.63) is 48.5 Å². The lowest BCUT2D eigenvalue weighted by Gasteiger charge is -2.12. The number of amides is 1. The van der Waals surface area contributed by atoms with E-state index in [1.807, 2.05) is 29.0 Å². The van der Waals surface area contributed by atoms with Gasteiger partial charge >= 0.3 is 0 Å². The smallest absolute Gasteiger partial charge is 0.268 e. The summed E-state index contributed by atoms with van der Waals surface area (Å²) in [5.74, 6) is -0.0886. The first-order chi connectivity index (χ1) is 9.84. The monoisotopic (exact) mass is 271 g/mol. The maximum Gasteiger partial charge on any atom is 0.268 e. The quantitative estimate of drug-likeness (QED) is 0.922. The molecule has 1 aliphatic heterocycles. The largest absolute Gasteiger partial charge is 0.376 e. The fraction of sp³-hybridized carbons (Fsp3) is 0.333. The first-order valence-electron chi connectivity index (χ1n) is 6.82. The average Bonchev–Trinajstić information content (AvgIpc) is 3.17. The molecule has 1 aliphatic rings. The van der Waals surface area contributed by atoms with Crippen LogP contribution in [-0.4, -0.2) is 34.7 Å². The van der Waals surface area contributed by atoms with Crippen LogP contribution in [0.4, 0.5) is 0 Å². The summed E-state index contributed by atoms with van der Waals surface area (Å²) in [6.45, 7) is 1.36. The fourth-order valence-corrected chi connectivity index (χ4v) is 2.39. The SMILES string of the molecule is O=C(NCC1CCCO1)c1cccn1-c1cccnc1. The summed E-state index contributed by atoms with van der Waals surface area (Å²) in [4.78, 5) is 16.3. The first kappa shape index (κ1) is 12.9. The Labute approximate surface area is 117 Å². The Morgan fingerprint density at radius 3 is 3.15 bits per heavy atom. The third-order valence-corrected chi connectivity index (χ3v) is 3.42. The topological polar surface area (TPSA) is 56.1 Å². The molecule has 0 spiro atoms. The summed E-state index contributed by atoms with van der Waals surface area (Å²) in [7, 11) is 0. The molecule has 1 fully saturated rings. The number of rotatable bonds is 4. The Balaban J connectivity index is 1.70. The van der Waals surface area contributed by atoms with E-state index in [9.17, 15) is 4.79 Å². The van der Waals surface area contributed by atoms with Crippen LogP contribution in [0, 0.1) is 0 Å². The van der Waals surface area contributed by atoms with E-state index < -0.39 is 0 Å². The number of hydrogen-bond donors (Lipinski definition) is 1. The number of nitrogens with one attached hydrogen (secondary N) is 1. The average molecular weight is 271 g/mol. The van der Waals surface area contributed by atoms with Crippen LogP contribution in [0.15, 0.2) is 42.9 Å². The number of carbonyl (C=O) groups is 1. The molecule has 3 rings (SSSR count). The van der Waals surface area contributed by atoms with Crippen molar-refractivity contribution in [1.82, 2.24) is 14.9 Å². The molecular formula is C15H17N3O2. The van der Waals surface area contributed by atoms with Crippen molar-refractivity contribution in [1.29, 1.82) is 0 Å². The Hall–Kier alpha value is -2.14. The van der Waals surface area contributed by atoms with Gasteiger partial charge in [0.1, 0.15) is 5.69 Å². The predicted molar refractivity (Wildman–Crippen MR) is 74.9 cm³/mol. The second-order valence-electron chi connectivity index (χ2n) is 4.82. The van der Waals surface area contributed by atoms with Crippen molar-refractivity contribution in [3.8, 4) is 5.69 Å². The zero-order valence-electron chi connectivity index (χ0n) is 11.2. The number of hydrogen-bond acceptors (Lipinski definition) is 3. The van der Waals surface area contributed by atoms with Crippen LogP contribution in [0.3, 0.4) is 0 Å². The molecule has 1 saturated heterocycles. The molecule has 0 aromatic carbocycles. The maximum atomic E-state index is 12.2. The van der Waals surface area contributed by atoms with E-state index in [1.54, 1.807) is 18.5 Å². The van der Waals surface area contributed by atoms with Crippen LogP contribution in [-0.2, 0) is 4.74 Å². The highest BCUT2D eigenvalue weighted by atomic mass is 16.5. The van der Waals surface area contributed by atoms with E-state index >= 15 is 0 Å². The van der Waals surface area contributed by atoms with Crippen molar-refractivity contribution in [3.63, 3.8) is 0 Å². The van der Waals surface area contributed by atoms with E-state index in [2.05, 4.69) is 10.3 Å². The molecule has 1 atom stereocenters. The van der Waals surface area contributed by atoms with Crippen LogP contribution in [0.5, 0.6) is 0 Å². The normalized spacial score (nSPS) is 18.1. The molecule has 2 aromatic rings. The molecular weight excluding hydrogens is 254 g/mol. The molecule has 104 valence electrons. The van der Waals surface area contributed by atoms with Gasteiger partial charge in [-0.2, -0.15) is 0 Å². The van der Waals surface area contributed by atoms with Gasteiger partial charge in [0.15, 0.2) is 0 Å². The summed E-state index contributed by atoms with van der Waals surface area (Å²) < 4.78 is 7.34. The molecule has 3 heterocycles. The van der Waals surface area contributed by atoms with Gasteiger partial charge in [0.2, 0.25) is 0 Å². The number of ether oxygens (including phenoxy) is 1. The number of carbonyl (C=O) groups excluding carboxylic acids is 1. The van der Waals surface area contributed by atoms with Gasteiger partial charge in [0.05, 0.1) is 18.0 Å². The molecule has 0 bridgehead atoms. The first-order valence-corrected chi connectivity index (χ1v) is 6.82. The number of pyridine rings is 1. The van der Waals surface area contributed by atoms with Crippen LogP contribution < -0.4 is 5.32 Å². The van der Waals surface area contributed by atoms with Crippen molar-refractivity contribution in [2.24, 2.45) is 0 Å². The zero-order chi connectivity index (χ0) is 13.8. The van der Waals surface area contributed by atoms with E-state index in [4.69, 9.17) is 4.74 Å². The van der Waals surface area contributed by atoms with Gasteiger partial charge in [-0.3, -0.25) is 9.78 Å². The maximum absolute atomic E-state index is 12.2. The minimum absolute atomic E-state index is 0.0886. The number of aromatic nitrogens is 2. The molecule has 0 saturated carbocycles. The second-order valence-corrected chi connectivity index (χ2v) is 4.82. The standard InChI is InChI=1S/C15H17N3O2/c19-15(17-11-13-5-3-9-20-13)14-6-2-8-18(14)12-4-1-7-16-10-12/h1-2,4,6-8,10,13H,3,5,9,11H2,(H,17,19). The van der Waals surface area contributed by atoms with Gasteiger partial charge in [-0.1, -0.05) is 0 Å². The lowest BCUT2D eigenvalue weighted by atomic mass is 10.2. The zero-order valence-corrected chi connectivity index (χ0v) is 11.2. The lowest BCUT2D eigenvalue weighted by molar-refractivity contribution is 0.0852. The molecule has 0 aliphatic carbocycles. The van der Waals surface area contributed by atoms with Gasteiger partial charge in [-0.25, -0.2) is 0 Å². The summed E-state index contributed by atoms with van der Waals surface area (Å²) >= 11 is 0. The molecule has 20 heavy (non-hydrogen) atoms. The Morgan fingerprint density at radius 2 is 2.40 bits per heavy atom. The second kappa shape index (κ2) is 5.88. The van der Waals surface area contributed by atoms with Crippen LogP contribution >= 0.6 is 0 Å². The fourth-order valence-electron chi connectivity index (χ4n) is 2.39. The Kier molecular flexibility index (Phi) is 3.78. The molecule has 1 unspecified atom stereocenters. The summed E-state index contributed by atoms with van der Waals surface area (Å²) in [5, 5.41) is 2.93. The highest BCUT2D eigenvalue weighted by Crippen LogP contribution is 2.13. The minimum atomic E-state index is -0.0886. The predicted octanol–water partition coefficient (Wildman–Crippen LogP) is 1.78. The number of nitrogens with zero attached hydrogens (tertiary/aromatic N) is 2. The molecule has 1 amide bonds. The summed E-state index contributed by atoms with van der Waals surface area (Å²) in [5.41, 5.74) is 1.48.